The number of anilines is 1. The summed E-state index contributed by atoms with van der Waals surface area (Å²) >= 11 is 0. The fourth-order valence-electron chi connectivity index (χ4n) is 1.89. The highest BCUT2D eigenvalue weighted by Crippen LogP contribution is 2.23. The van der Waals surface area contributed by atoms with Crippen molar-refractivity contribution in [2.24, 2.45) is 5.92 Å². The van der Waals surface area contributed by atoms with Crippen LogP contribution in [-0.4, -0.2) is 29.6 Å². The average Bonchev–Trinajstić information content (AvgIpc) is 2.99. The van der Waals surface area contributed by atoms with Gasteiger partial charge < -0.3 is 14.9 Å². The highest BCUT2D eigenvalue weighted by Gasteiger charge is 2.29. The molecule has 0 saturated heterocycles. The zero-order valence-corrected chi connectivity index (χ0v) is 13.8. The molecule has 2 aromatic rings. The number of amides is 1. The van der Waals surface area contributed by atoms with E-state index in [-0.39, 0.29) is 23.0 Å². The average molecular weight is 372 g/mol. The van der Waals surface area contributed by atoms with Crippen molar-refractivity contribution in [2.75, 3.05) is 11.9 Å². The molecule has 0 aliphatic rings. The molecule has 1 amide bonds. The Morgan fingerprint density at radius 3 is 2.69 bits per heavy atom. The third-order valence-electron chi connectivity index (χ3n) is 3.33. The molecule has 0 aliphatic heterocycles. The number of alkyl halides is 3. The molecule has 0 fully saturated rings. The van der Waals surface area contributed by atoms with E-state index < -0.39 is 30.4 Å². The van der Waals surface area contributed by atoms with Crippen molar-refractivity contribution in [2.45, 2.75) is 19.5 Å². The molecule has 2 rings (SSSR count). The van der Waals surface area contributed by atoms with Crippen molar-refractivity contribution in [3.05, 3.63) is 41.8 Å². The van der Waals surface area contributed by atoms with Gasteiger partial charge in [-0.05, 0) is 19.1 Å². The van der Waals surface area contributed by atoms with E-state index in [2.05, 4.69) is 16.0 Å². The number of carbonyl (C=O) groups excluding carboxylic acids is 2. The molecule has 0 bridgehead atoms. The summed E-state index contributed by atoms with van der Waals surface area (Å²) in [6.45, 7) is 1.96. The van der Waals surface area contributed by atoms with Gasteiger partial charge >= 0.3 is 18.2 Å². The molecule has 140 valence electrons. The Morgan fingerprint density at radius 1 is 1.35 bits per heavy atom. The van der Waals surface area contributed by atoms with E-state index in [0.29, 0.717) is 6.54 Å². The van der Waals surface area contributed by atoms with Crippen LogP contribution in [0.3, 0.4) is 0 Å². The predicted octanol–water partition coefficient (Wildman–Crippen LogP) is 1.82. The van der Waals surface area contributed by atoms with E-state index in [4.69, 9.17) is 9.15 Å². The first kappa shape index (κ1) is 19.4. The number of aromatic nitrogens is 1. The molecule has 0 radical (unpaired) electrons. The number of rotatable bonds is 6. The van der Waals surface area contributed by atoms with Crippen LogP contribution in [0.1, 0.15) is 23.0 Å². The number of hydrogen-bond donors (Lipinski definition) is 2. The largest absolute Gasteiger partial charge is 0.432 e. The Balaban J connectivity index is 2.12. The molecule has 0 saturated carbocycles. The van der Waals surface area contributed by atoms with Gasteiger partial charge in [0, 0.05) is 0 Å². The van der Waals surface area contributed by atoms with Crippen molar-refractivity contribution in [3.8, 4) is 5.75 Å². The summed E-state index contributed by atoms with van der Waals surface area (Å²) in [5.74, 6) is -1.74. The summed E-state index contributed by atoms with van der Waals surface area (Å²) < 4.78 is 47.0. The minimum Gasteiger partial charge on any atom is -0.432 e. The maximum absolute atomic E-state index is 12.3. The molecule has 4 N–H and O–H groups in total. The highest BCUT2D eigenvalue weighted by atomic mass is 19.4. The summed E-state index contributed by atoms with van der Waals surface area (Å²) in [7, 11) is 0. The molecular formula is C16H17F3N3O4+. The Labute approximate surface area is 146 Å². The third kappa shape index (κ3) is 5.31. The summed E-state index contributed by atoms with van der Waals surface area (Å²) in [6.07, 6.45) is -4.90. The van der Waals surface area contributed by atoms with Crippen LogP contribution >= 0.6 is 0 Å². The number of ether oxygens (including phenoxy) is 1. The predicted molar refractivity (Wildman–Crippen MR) is 83.2 cm³/mol. The van der Waals surface area contributed by atoms with Crippen LogP contribution in [0.25, 0.3) is 0 Å². The van der Waals surface area contributed by atoms with Gasteiger partial charge in [0.25, 0.3) is 5.91 Å². The monoisotopic (exact) mass is 372 g/mol. The van der Waals surface area contributed by atoms with Crippen molar-refractivity contribution in [1.29, 1.82) is 0 Å². The molecule has 1 atom stereocenters. The van der Waals surface area contributed by atoms with E-state index in [9.17, 15) is 22.8 Å². The van der Waals surface area contributed by atoms with Gasteiger partial charge in [-0.3, -0.25) is 14.9 Å². The van der Waals surface area contributed by atoms with E-state index in [1.165, 1.54) is 12.1 Å². The number of hydrogen-bond acceptors (Lipinski definition) is 5. The fraction of sp³-hybridized carbons (Fsp3) is 0.312. The smallest absolute Gasteiger partial charge is 0.394 e. The quantitative estimate of drug-likeness (QED) is 0.594. The van der Waals surface area contributed by atoms with Crippen molar-refractivity contribution < 1.29 is 37.6 Å². The lowest BCUT2D eigenvalue weighted by molar-refractivity contribution is -0.375. The lowest BCUT2D eigenvalue weighted by Gasteiger charge is -2.11. The lowest BCUT2D eigenvalue weighted by Crippen LogP contribution is -2.55. The Hall–Kier alpha value is -2.88. The minimum absolute atomic E-state index is 0.00711. The summed E-state index contributed by atoms with van der Waals surface area (Å²) in [4.78, 5) is 27.8. The standard InChI is InChI=1S/C16H16F3N3O4/c1-9(7-20)14(24)26-12-5-3-2-4-11(12)13(23)22-15-21-10(8-25-15)6-16(17,18)19/h2-5,8-9H,6-7,20H2,1H3,(H,21,22,23)/p+1. The summed E-state index contributed by atoms with van der Waals surface area (Å²) in [5, 5.41) is 2.23. The van der Waals surface area contributed by atoms with Crippen LogP contribution in [0.4, 0.5) is 19.2 Å². The second-order valence-corrected chi connectivity index (χ2v) is 5.50. The highest BCUT2D eigenvalue weighted by molar-refractivity contribution is 6.05. The van der Waals surface area contributed by atoms with Crippen molar-refractivity contribution >= 4 is 17.9 Å². The number of benzene rings is 1. The fourth-order valence-corrected chi connectivity index (χ4v) is 1.89. The molecule has 1 unspecified atom stereocenters. The number of quaternary nitrogens is 1. The molecule has 1 heterocycles. The third-order valence-corrected chi connectivity index (χ3v) is 3.33. The van der Waals surface area contributed by atoms with E-state index in [1.807, 2.05) is 0 Å². The van der Waals surface area contributed by atoms with Crippen LogP contribution in [0.15, 0.2) is 34.9 Å². The van der Waals surface area contributed by atoms with E-state index in [1.54, 1.807) is 19.1 Å². The van der Waals surface area contributed by atoms with Crippen LogP contribution < -0.4 is 15.8 Å². The first-order valence-corrected chi connectivity index (χ1v) is 7.62. The van der Waals surface area contributed by atoms with Gasteiger partial charge in [0.15, 0.2) is 0 Å². The van der Waals surface area contributed by atoms with Gasteiger partial charge in [-0.2, -0.15) is 18.2 Å². The van der Waals surface area contributed by atoms with Gasteiger partial charge in [0.1, 0.15) is 17.9 Å². The molecule has 7 nitrogen and oxygen atoms in total. The van der Waals surface area contributed by atoms with Crippen molar-refractivity contribution in [3.63, 3.8) is 0 Å². The van der Waals surface area contributed by atoms with E-state index >= 15 is 0 Å². The zero-order chi connectivity index (χ0) is 19.3. The number of oxazole rings is 1. The number of carbonyl (C=O) groups is 2. The SMILES string of the molecule is CC(C[NH3+])C(=O)Oc1ccccc1C(=O)Nc1nc(CC(F)(F)F)co1. The van der Waals surface area contributed by atoms with Crippen LogP contribution in [0.2, 0.25) is 0 Å². The minimum atomic E-state index is -4.44. The molecule has 26 heavy (non-hydrogen) atoms. The van der Waals surface area contributed by atoms with Crippen LogP contribution in [0.5, 0.6) is 5.75 Å². The maximum Gasteiger partial charge on any atom is 0.394 e. The summed E-state index contributed by atoms with van der Waals surface area (Å²) in [6, 6.07) is 5.55. The van der Waals surface area contributed by atoms with Gasteiger partial charge in [-0.25, -0.2) is 0 Å². The number of esters is 1. The van der Waals surface area contributed by atoms with Gasteiger partial charge in [-0.1, -0.05) is 12.1 Å². The maximum atomic E-state index is 12.3. The Kier molecular flexibility index (Phi) is 5.98. The first-order chi connectivity index (χ1) is 12.2. The topological polar surface area (TPSA) is 109 Å². The van der Waals surface area contributed by atoms with Crippen molar-refractivity contribution in [1.82, 2.24) is 4.98 Å². The molecular weight excluding hydrogens is 355 g/mol. The number of para-hydroxylation sites is 1. The second-order valence-electron chi connectivity index (χ2n) is 5.50. The summed E-state index contributed by atoms with van der Waals surface area (Å²) in [5.41, 5.74) is 3.25. The Morgan fingerprint density at radius 2 is 2.04 bits per heavy atom. The molecule has 1 aromatic heterocycles. The van der Waals surface area contributed by atoms with Crippen LogP contribution in [-0.2, 0) is 11.2 Å². The first-order valence-electron chi connectivity index (χ1n) is 7.62. The second kappa shape index (κ2) is 8.00. The Bertz CT molecular complexity index is 789. The van der Waals surface area contributed by atoms with Gasteiger partial charge in [0.2, 0.25) is 0 Å². The zero-order valence-electron chi connectivity index (χ0n) is 13.8. The van der Waals surface area contributed by atoms with Crippen LogP contribution in [0, 0.1) is 5.92 Å². The van der Waals surface area contributed by atoms with E-state index in [0.717, 1.165) is 6.26 Å². The lowest BCUT2D eigenvalue weighted by atomic mass is 10.1. The molecule has 0 spiro atoms. The van der Waals surface area contributed by atoms with Gasteiger partial charge in [0.05, 0.1) is 24.2 Å². The number of halogens is 3. The number of nitrogens with zero attached hydrogens (tertiary/aromatic N) is 1. The van der Waals surface area contributed by atoms with Gasteiger partial charge in [-0.15, -0.1) is 0 Å². The number of nitrogens with one attached hydrogen (secondary N) is 1. The molecule has 10 heteroatoms. The molecule has 1 aromatic carbocycles. The normalized spacial score (nSPS) is 12.5. The molecule has 0 aliphatic carbocycles.